The minimum Gasteiger partial charge on any atom is -0.459 e. The number of hydrogen-bond acceptors (Lipinski definition) is 3. The molecule has 3 nitrogen and oxygen atoms in total. The summed E-state index contributed by atoms with van der Waals surface area (Å²) < 4.78 is 5.82. The Hall–Kier alpha value is -1.03. The van der Waals surface area contributed by atoms with E-state index in [2.05, 4.69) is 19.2 Å². The van der Waals surface area contributed by atoms with Crippen LogP contribution in [0.15, 0.2) is 28.7 Å². The summed E-state index contributed by atoms with van der Waals surface area (Å²) in [6.45, 7) is 4.43. The lowest BCUT2D eigenvalue weighted by Gasteiger charge is -2.17. The predicted molar refractivity (Wildman–Crippen MR) is 78.6 cm³/mol. The molecule has 0 spiro atoms. The van der Waals surface area contributed by atoms with E-state index in [0.717, 1.165) is 34.6 Å². The van der Waals surface area contributed by atoms with Gasteiger partial charge in [-0.1, -0.05) is 11.6 Å². The minimum absolute atomic E-state index is 0.139. The van der Waals surface area contributed by atoms with Gasteiger partial charge in [-0.2, -0.15) is 0 Å². The van der Waals surface area contributed by atoms with Crippen LogP contribution in [-0.2, 0) is 0 Å². The Bertz CT molecular complexity index is 538. The summed E-state index contributed by atoms with van der Waals surface area (Å²) in [6, 6.07) is 8.14. The van der Waals surface area contributed by atoms with Crippen LogP contribution in [0.2, 0.25) is 5.02 Å². The Kier molecular flexibility index (Phi) is 4.86. The van der Waals surface area contributed by atoms with Gasteiger partial charge in [0.05, 0.1) is 6.04 Å². The van der Waals surface area contributed by atoms with E-state index in [1.54, 1.807) is 0 Å². The zero-order valence-corrected chi connectivity index (χ0v) is 12.1. The zero-order chi connectivity index (χ0) is 13.8. The number of fused-ring (bicyclic) bond motifs is 1. The topological polar surface area (TPSA) is 45.4 Å². The molecule has 1 aromatic carbocycles. The quantitative estimate of drug-likeness (QED) is 0.844. The van der Waals surface area contributed by atoms with Crippen LogP contribution >= 0.6 is 11.6 Å². The summed E-state index contributed by atoms with van der Waals surface area (Å²) in [4.78, 5) is 0. The molecule has 2 N–H and O–H groups in total. The Balaban J connectivity index is 2.06. The molecule has 0 bridgehead atoms. The first-order chi connectivity index (χ1) is 9.10. The normalized spacial score (nSPS) is 14.7. The maximum Gasteiger partial charge on any atom is 0.134 e. The molecule has 1 heterocycles. The first kappa shape index (κ1) is 14.4. The Morgan fingerprint density at radius 1 is 1.32 bits per heavy atom. The second-order valence-electron chi connectivity index (χ2n) is 4.99. The van der Waals surface area contributed by atoms with E-state index in [1.807, 2.05) is 24.3 Å². The van der Waals surface area contributed by atoms with Crippen molar-refractivity contribution in [3.05, 3.63) is 35.0 Å². The molecule has 0 aliphatic rings. The second-order valence-corrected chi connectivity index (χ2v) is 5.42. The van der Waals surface area contributed by atoms with E-state index in [9.17, 15) is 0 Å². The van der Waals surface area contributed by atoms with Crippen molar-refractivity contribution in [2.45, 2.75) is 38.8 Å². The number of aliphatic hydroxyl groups excluding tert-OH is 1. The first-order valence-corrected chi connectivity index (χ1v) is 7.04. The highest BCUT2D eigenvalue weighted by Crippen LogP contribution is 2.26. The maximum absolute atomic E-state index is 8.83. The largest absolute Gasteiger partial charge is 0.459 e. The maximum atomic E-state index is 8.83. The predicted octanol–water partition coefficient (Wildman–Crippen LogP) is 3.90. The smallest absolute Gasteiger partial charge is 0.134 e. The Morgan fingerprint density at radius 3 is 2.84 bits per heavy atom. The van der Waals surface area contributed by atoms with E-state index < -0.39 is 0 Å². The molecule has 0 saturated heterocycles. The highest BCUT2D eigenvalue weighted by molar-refractivity contribution is 6.31. The summed E-state index contributed by atoms with van der Waals surface area (Å²) >= 11 is 5.97. The average Bonchev–Trinajstić information content (AvgIpc) is 2.79. The van der Waals surface area contributed by atoms with Crippen LogP contribution in [0.3, 0.4) is 0 Å². The van der Waals surface area contributed by atoms with E-state index in [0.29, 0.717) is 6.04 Å². The summed E-state index contributed by atoms with van der Waals surface area (Å²) in [6.07, 6.45) is 1.77. The standard InChI is InChI=1S/C15H20ClNO2/c1-10(4-3-7-18)17-11(2)15-9-12-8-13(16)5-6-14(12)19-15/h5-6,8-11,17-18H,3-4,7H2,1-2H3. The van der Waals surface area contributed by atoms with Gasteiger partial charge in [0.1, 0.15) is 11.3 Å². The van der Waals surface area contributed by atoms with Crippen molar-refractivity contribution < 1.29 is 9.52 Å². The molecule has 2 unspecified atom stereocenters. The highest BCUT2D eigenvalue weighted by Gasteiger charge is 2.14. The lowest BCUT2D eigenvalue weighted by Crippen LogP contribution is -2.28. The average molecular weight is 282 g/mol. The molecule has 2 atom stereocenters. The number of benzene rings is 1. The van der Waals surface area contributed by atoms with Gasteiger partial charge in [0.15, 0.2) is 0 Å². The molecule has 1 aromatic heterocycles. The van der Waals surface area contributed by atoms with Crippen LogP contribution in [0.5, 0.6) is 0 Å². The van der Waals surface area contributed by atoms with Gasteiger partial charge in [-0.25, -0.2) is 0 Å². The molecule has 19 heavy (non-hydrogen) atoms. The highest BCUT2D eigenvalue weighted by atomic mass is 35.5. The van der Waals surface area contributed by atoms with Crippen molar-refractivity contribution in [2.75, 3.05) is 6.61 Å². The van der Waals surface area contributed by atoms with Crippen molar-refractivity contribution in [1.82, 2.24) is 5.32 Å². The van der Waals surface area contributed by atoms with Gasteiger partial charge in [-0.3, -0.25) is 0 Å². The second kappa shape index (κ2) is 6.42. The van der Waals surface area contributed by atoms with Gasteiger partial charge < -0.3 is 14.8 Å². The van der Waals surface area contributed by atoms with Crippen LogP contribution in [0, 0.1) is 0 Å². The molecule has 0 aliphatic carbocycles. The molecular formula is C15H20ClNO2. The van der Waals surface area contributed by atoms with Gasteiger partial charge in [-0.15, -0.1) is 0 Å². The monoisotopic (exact) mass is 281 g/mol. The summed E-state index contributed by atoms with van der Waals surface area (Å²) in [7, 11) is 0. The lowest BCUT2D eigenvalue weighted by molar-refractivity contribution is 0.273. The fourth-order valence-electron chi connectivity index (χ4n) is 2.24. The third-order valence-corrected chi connectivity index (χ3v) is 3.49. The van der Waals surface area contributed by atoms with Gasteiger partial charge in [-0.05, 0) is 51.0 Å². The third kappa shape index (κ3) is 3.72. The molecule has 0 radical (unpaired) electrons. The SMILES string of the molecule is CC(CCCO)NC(C)c1cc2cc(Cl)ccc2o1. The number of rotatable bonds is 6. The van der Waals surface area contributed by atoms with Crippen molar-refractivity contribution >= 4 is 22.6 Å². The number of furan rings is 1. The van der Waals surface area contributed by atoms with Gasteiger partial charge in [0.2, 0.25) is 0 Å². The summed E-state index contributed by atoms with van der Waals surface area (Å²) in [5, 5.41) is 14.0. The zero-order valence-electron chi connectivity index (χ0n) is 11.3. The number of halogens is 1. The van der Waals surface area contributed by atoms with Gasteiger partial charge >= 0.3 is 0 Å². The molecule has 0 fully saturated rings. The fourth-order valence-corrected chi connectivity index (χ4v) is 2.42. The van der Waals surface area contributed by atoms with Crippen molar-refractivity contribution in [3.63, 3.8) is 0 Å². The minimum atomic E-state index is 0.139. The Morgan fingerprint density at radius 2 is 2.11 bits per heavy atom. The van der Waals surface area contributed by atoms with Crippen LogP contribution < -0.4 is 5.32 Å². The summed E-state index contributed by atoms with van der Waals surface area (Å²) in [5.74, 6) is 0.910. The fraction of sp³-hybridized carbons (Fsp3) is 0.467. The molecular weight excluding hydrogens is 262 g/mol. The van der Waals surface area contributed by atoms with Crippen molar-refractivity contribution in [1.29, 1.82) is 0 Å². The van der Waals surface area contributed by atoms with Crippen LogP contribution in [0.1, 0.15) is 38.5 Å². The van der Waals surface area contributed by atoms with Crippen LogP contribution in [-0.4, -0.2) is 17.8 Å². The van der Waals surface area contributed by atoms with Gasteiger partial charge in [0, 0.05) is 23.1 Å². The first-order valence-electron chi connectivity index (χ1n) is 6.66. The van der Waals surface area contributed by atoms with Crippen LogP contribution in [0.4, 0.5) is 0 Å². The van der Waals surface area contributed by atoms with E-state index in [4.69, 9.17) is 21.1 Å². The molecule has 0 saturated carbocycles. The van der Waals surface area contributed by atoms with E-state index in [1.165, 1.54) is 0 Å². The number of nitrogens with one attached hydrogen (secondary N) is 1. The molecule has 104 valence electrons. The third-order valence-electron chi connectivity index (χ3n) is 3.25. The van der Waals surface area contributed by atoms with Gasteiger partial charge in [0.25, 0.3) is 0 Å². The van der Waals surface area contributed by atoms with E-state index in [-0.39, 0.29) is 12.6 Å². The molecule has 0 aliphatic heterocycles. The van der Waals surface area contributed by atoms with E-state index >= 15 is 0 Å². The molecule has 2 aromatic rings. The number of aliphatic hydroxyl groups is 1. The molecule has 0 amide bonds. The molecule has 2 rings (SSSR count). The lowest BCUT2D eigenvalue weighted by atomic mass is 10.1. The summed E-state index contributed by atoms with van der Waals surface area (Å²) in [5.41, 5.74) is 0.857. The van der Waals surface area contributed by atoms with Crippen molar-refractivity contribution in [2.24, 2.45) is 0 Å². The number of hydrogen-bond donors (Lipinski definition) is 2. The Labute approximate surface area is 118 Å². The molecule has 4 heteroatoms. The van der Waals surface area contributed by atoms with Crippen molar-refractivity contribution in [3.8, 4) is 0 Å². The van der Waals surface area contributed by atoms with Crippen LogP contribution in [0.25, 0.3) is 11.0 Å².